The Bertz CT molecular complexity index is 468. The first-order valence-corrected chi connectivity index (χ1v) is 10.0. The van der Waals surface area contributed by atoms with Gasteiger partial charge in [0.25, 0.3) is 0 Å². The molecule has 0 unspecified atom stereocenters. The van der Waals surface area contributed by atoms with E-state index in [9.17, 15) is 9.59 Å². The van der Waals surface area contributed by atoms with Crippen molar-refractivity contribution in [2.24, 2.45) is 17.6 Å². The van der Waals surface area contributed by atoms with E-state index >= 15 is 0 Å². The van der Waals surface area contributed by atoms with Crippen LogP contribution in [0.2, 0.25) is 0 Å². The number of likely N-dealkylation sites (N-methyl/N-ethyl adjacent to an activating group) is 1. The van der Waals surface area contributed by atoms with Crippen molar-refractivity contribution in [1.82, 2.24) is 14.7 Å². The van der Waals surface area contributed by atoms with Crippen LogP contribution >= 0.6 is 0 Å². The Kier molecular flexibility index (Phi) is 6.34. The number of nitrogens with two attached hydrogens (primary N) is 1. The first-order valence-electron chi connectivity index (χ1n) is 10.0. The molecule has 3 fully saturated rings. The molecule has 0 aromatic rings. The standard InChI is InChI=1S/C19H34N4O2/c1-21-9-11-23(12-10-21)18(24)13-15-5-7-22(8-6-15)19(25)14-16-3-2-4-17(16)20/h15-17H,2-14,20H2,1H3/t16-,17+/m0/s1. The minimum atomic E-state index is 0.211. The summed E-state index contributed by atoms with van der Waals surface area (Å²) >= 11 is 0. The third kappa shape index (κ3) is 4.94. The fourth-order valence-electron chi connectivity index (χ4n) is 4.49. The largest absolute Gasteiger partial charge is 0.343 e. The zero-order valence-corrected chi connectivity index (χ0v) is 15.7. The molecule has 3 aliphatic rings. The van der Waals surface area contributed by atoms with Crippen molar-refractivity contribution in [2.75, 3.05) is 46.3 Å². The van der Waals surface area contributed by atoms with E-state index < -0.39 is 0 Å². The SMILES string of the molecule is CN1CCN(C(=O)CC2CCN(C(=O)C[C@@H]3CCC[C@H]3N)CC2)CC1. The fourth-order valence-corrected chi connectivity index (χ4v) is 4.49. The zero-order valence-electron chi connectivity index (χ0n) is 15.7. The summed E-state index contributed by atoms with van der Waals surface area (Å²) in [4.78, 5) is 31.2. The highest BCUT2D eigenvalue weighted by Gasteiger charge is 2.30. The highest BCUT2D eigenvalue weighted by Crippen LogP contribution is 2.29. The maximum absolute atomic E-state index is 12.5. The van der Waals surface area contributed by atoms with E-state index in [0.29, 0.717) is 30.6 Å². The lowest BCUT2D eigenvalue weighted by Crippen LogP contribution is -2.48. The minimum absolute atomic E-state index is 0.211. The van der Waals surface area contributed by atoms with Crippen molar-refractivity contribution in [1.29, 1.82) is 0 Å². The highest BCUT2D eigenvalue weighted by atomic mass is 16.2. The van der Waals surface area contributed by atoms with E-state index in [2.05, 4.69) is 11.9 Å². The van der Waals surface area contributed by atoms with Gasteiger partial charge in [-0.25, -0.2) is 0 Å². The molecule has 0 bridgehead atoms. The minimum Gasteiger partial charge on any atom is -0.343 e. The van der Waals surface area contributed by atoms with Gasteiger partial charge in [0.2, 0.25) is 11.8 Å². The molecule has 2 aliphatic heterocycles. The van der Waals surface area contributed by atoms with E-state index in [0.717, 1.165) is 71.4 Å². The Labute approximate surface area is 151 Å². The van der Waals surface area contributed by atoms with E-state index in [1.54, 1.807) is 0 Å². The van der Waals surface area contributed by atoms with Crippen molar-refractivity contribution in [3.8, 4) is 0 Å². The summed E-state index contributed by atoms with van der Waals surface area (Å²) in [5.74, 6) is 1.38. The first kappa shape index (κ1) is 18.6. The van der Waals surface area contributed by atoms with E-state index in [-0.39, 0.29) is 11.9 Å². The van der Waals surface area contributed by atoms with Gasteiger partial charge in [0.05, 0.1) is 0 Å². The van der Waals surface area contributed by atoms with Crippen LogP contribution in [0.5, 0.6) is 0 Å². The van der Waals surface area contributed by atoms with Crippen LogP contribution in [-0.4, -0.2) is 78.9 Å². The monoisotopic (exact) mass is 350 g/mol. The summed E-state index contributed by atoms with van der Waals surface area (Å²) in [5.41, 5.74) is 6.10. The van der Waals surface area contributed by atoms with Gasteiger partial charge in [0, 0.05) is 58.2 Å². The lowest BCUT2D eigenvalue weighted by Gasteiger charge is -2.36. The molecule has 0 aromatic heterocycles. The van der Waals surface area contributed by atoms with Crippen molar-refractivity contribution in [2.45, 2.75) is 51.0 Å². The Balaban J connectivity index is 1.38. The predicted molar refractivity (Wildman–Crippen MR) is 97.9 cm³/mol. The molecule has 25 heavy (non-hydrogen) atoms. The number of amides is 2. The summed E-state index contributed by atoms with van der Waals surface area (Å²) in [5, 5.41) is 0. The molecule has 0 aromatic carbocycles. The molecular weight excluding hydrogens is 316 g/mol. The van der Waals surface area contributed by atoms with Gasteiger partial charge in [0.1, 0.15) is 0 Å². The van der Waals surface area contributed by atoms with E-state index in [1.807, 2.05) is 9.80 Å². The number of hydrogen-bond donors (Lipinski definition) is 1. The number of piperazine rings is 1. The maximum Gasteiger partial charge on any atom is 0.222 e. The smallest absolute Gasteiger partial charge is 0.222 e. The quantitative estimate of drug-likeness (QED) is 0.818. The Morgan fingerprint density at radius 1 is 0.840 bits per heavy atom. The molecule has 1 aliphatic carbocycles. The number of piperidine rings is 1. The number of rotatable bonds is 4. The average Bonchev–Trinajstić information content (AvgIpc) is 3.01. The van der Waals surface area contributed by atoms with Crippen LogP contribution in [0, 0.1) is 11.8 Å². The molecule has 0 radical (unpaired) electrons. The van der Waals surface area contributed by atoms with Crippen LogP contribution in [-0.2, 0) is 9.59 Å². The number of carbonyl (C=O) groups excluding carboxylic acids is 2. The Morgan fingerprint density at radius 3 is 2.04 bits per heavy atom. The van der Waals surface area contributed by atoms with Gasteiger partial charge in [-0.3, -0.25) is 9.59 Å². The Morgan fingerprint density at radius 2 is 1.44 bits per heavy atom. The molecule has 1 saturated carbocycles. The molecule has 142 valence electrons. The molecule has 0 spiro atoms. The number of nitrogens with zero attached hydrogens (tertiary/aromatic N) is 3. The van der Waals surface area contributed by atoms with Gasteiger partial charge in [-0.15, -0.1) is 0 Å². The molecule has 2 atom stereocenters. The van der Waals surface area contributed by atoms with Crippen molar-refractivity contribution >= 4 is 11.8 Å². The summed E-state index contributed by atoms with van der Waals surface area (Å²) in [7, 11) is 2.10. The number of hydrogen-bond acceptors (Lipinski definition) is 4. The van der Waals surface area contributed by atoms with Gasteiger partial charge < -0.3 is 20.4 Å². The predicted octanol–water partition coefficient (Wildman–Crippen LogP) is 0.907. The number of likely N-dealkylation sites (tertiary alicyclic amines) is 1. The maximum atomic E-state index is 12.5. The molecule has 2 N–H and O–H groups in total. The first-order chi connectivity index (χ1) is 12.0. The van der Waals surface area contributed by atoms with Crippen molar-refractivity contribution in [3.63, 3.8) is 0 Å². The second-order valence-corrected chi connectivity index (χ2v) is 8.27. The summed E-state index contributed by atoms with van der Waals surface area (Å²) < 4.78 is 0. The van der Waals surface area contributed by atoms with Gasteiger partial charge in [-0.05, 0) is 44.6 Å². The zero-order chi connectivity index (χ0) is 17.8. The fraction of sp³-hybridized carbons (Fsp3) is 0.895. The molecular formula is C19H34N4O2. The van der Waals surface area contributed by atoms with Crippen LogP contribution in [0.25, 0.3) is 0 Å². The second-order valence-electron chi connectivity index (χ2n) is 8.27. The third-order valence-corrected chi connectivity index (χ3v) is 6.44. The van der Waals surface area contributed by atoms with Crippen LogP contribution in [0.15, 0.2) is 0 Å². The molecule has 6 nitrogen and oxygen atoms in total. The second kappa shape index (κ2) is 8.49. The van der Waals surface area contributed by atoms with E-state index in [1.165, 1.54) is 0 Å². The Hall–Kier alpha value is -1.14. The van der Waals surface area contributed by atoms with E-state index in [4.69, 9.17) is 5.73 Å². The third-order valence-electron chi connectivity index (χ3n) is 6.44. The van der Waals surface area contributed by atoms with Gasteiger partial charge in [0.15, 0.2) is 0 Å². The average molecular weight is 351 g/mol. The summed E-state index contributed by atoms with van der Waals surface area (Å²) in [6.07, 6.45) is 6.52. The molecule has 2 amide bonds. The molecule has 2 saturated heterocycles. The molecule has 3 rings (SSSR count). The highest BCUT2D eigenvalue weighted by molar-refractivity contribution is 5.77. The van der Waals surface area contributed by atoms with Crippen LogP contribution in [0.4, 0.5) is 0 Å². The molecule has 6 heteroatoms. The topological polar surface area (TPSA) is 69.9 Å². The van der Waals surface area contributed by atoms with Crippen LogP contribution < -0.4 is 5.73 Å². The lowest BCUT2D eigenvalue weighted by atomic mass is 9.92. The normalized spacial score (nSPS) is 29.2. The van der Waals surface area contributed by atoms with Crippen molar-refractivity contribution < 1.29 is 9.59 Å². The van der Waals surface area contributed by atoms with Gasteiger partial charge in [-0.1, -0.05) is 6.42 Å². The van der Waals surface area contributed by atoms with Crippen LogP contribution in [0.1, 0.15) is 44.9 Å². The van der Waals surface area contributed by atoms with Gasteiger partial charge in [-0.2, -0.15) is 0 Å². The summed E-state index contributed by atoms with van der Waals surface area (Å²) in [6, 6.07) is 0.211. The van der Waals surface area contributed by atoms with Crippen molar-refractivity contribution in [3.05, 3.63) is 0 Å². The van der Waals surface area contributed by atoms with Gasteiger partial charge >= 0.3 is 0 Å². The number of carbonyl (C=O) groups is 2. The molecule has 2 heterocycles. The van der Waals surface area contributed by atoms with Crippen LogP contribution in [0.3, 0.4) is 0 Å². The lowest BCUT2D eigenvalue weighted by molar-refractivity contribution is -0.135. The summed E-state index contributed by atoms with van der Waals surface area (Å²) in [6.45, 7) is 5.27.